The Kier molecular flexibility index (Phi) is 8.39. The molecular weight excluding hydrogens is 387 g/mol. The first-order valence-corrected chi connectivity index (χ1v) is 12.6. The summed E-state index contributed by atoms with van der Waals surface area (Å²) in [6.45, 7) is 7.47. The Morgan fingerprint density at radius 2 is 1.07 bits per heavy atom. The van der Waals surface area contributed by atoms with Crippen LogP contribution in [0.25, 0.3) is 0 Å². The summed E-state index contributed by atoms with van der Waals surface area (Å²) in [6, 6.07) is 32.9. The van der Waals surface area contributed by atoms with Crippen molar-refractivity contribution in [3.05, 3.63) is 103 Å². The molecule has 30 heavy (non-hydrogen) atoms. The van der Waals surface area contributed by atoms with Crippen LogP contribution in [-0.4, -0.2) is 25.7 Å². The van der Waals surface area contributed by atoms with Gasteiger partial charge in [-0.05, 0) is 68.8 Å². The van der Waals surface area contributed by atoms with Crippen molar-refractivity contribution in [3.63, 3.8) is 0 Å². The highest BCUT2D eigenvalue weighted by Crippen LogP contribution is 2.56. The molecule has 0 saturated carbocycles. The molecule has 0 N–H and O–H groups in total. The Bertz CT molecular complexity index is 805. The minimum Gasteiger partial charge on any atom is -0.349 e. The van der Waals surface area contributed by atoms with Crippen molar-refractivity contribution in [2.45, 2.75) is 27.1 Å². The number of hydrogen-bond acceptors (Lipinski definition) is 2. The van der Waals surface area contributed by atoms with Crippen LogP contribution in [-0.2, 0) is 9.47 Å². The van der Waals surface area contributed by atoms with Crippen molar-refractivity contribution in [3.8, 4) is 0 Å². The van der Waals surface area contributed by atoms with E-state index < -0.39 is 7.26 Å². The number of hydrogen-bond donors (Lipinski definition) is 0. The summed E-state index contributed by atoms with van der Waals surface area (Å²) in [5.74, 6) is 0. The molecule has 0 fully saturated rings. The van der Waals surface area contributed by atoms with Crippen LogP contribution < -0.4 is 15.9 Å². The van der Waals surface area contributed by atoms with E-state index in [1.807, 2.05) is 13.8 Å². The zero-order valence-electron chi connectivity index (χ0n) is 18.2. The molecule has 0 aliphatic heterocycles. The van der Waals surface area contributed by atoms with Gasteiger partial charge in [-0.15, -0.1) is 0 Å². The second-order valence-electron chi connectivity index (χ2n) is 7.27. The van der Waals surface area contributed by atoms with Gasteiger partial charge in [0, 0.05) is 13.2 Å². The Hall–Kier alpha value is -2.25. The molecule has 0 aromatic heterocycles. The van der Waals surface area contributed by atoms with Gasteiger partial charge in [0.2, 0.25) is 0 Å². The van der Waals surface area contributed by atoms with Crippen LogP contribution in [0, 0.1) is 0 Å². The lowest BCUT2D eigenvalue weighted by atomic mass is 10.3. The first-order chi connectivity index (χ1) is 14.7. The minimum absolute atomic E-state index is 0.302. The van der Waals surface area contributed by atoms with Crippen LogP contribution in [0.3, 0.4) is 0 Å². The molecule has 0 bridgehead atoms. The maximum Gasteiger partial charge on any atom is 0.177 e. The zero-order chi connectivity index (χ0) is 21.2. The Morgan fingerprint density at radius 1 is 0.700 bits per heavy atom. The van der Waals surface area contributed by atoms with Crippen molar-refractivity contribution < 1.29 is 9.47 Å². The van der Waals surface area contributed by atoms with Crippen LogP contribution in [0.15, 0.2) is 103 Å². The molecule has 3 aromatic rings. The molecule has 0 aliphatic rings. The largest absolute Gasteiger partial charge is 0.349 e. The summed E-state index contributed by atoms with van der Waals surface area (Å²) in [6.07, 6.45) is 2.79. The van der Waals surface area contributed by atoms with E-state index in [1.165, 1.54) is 21.5 Å². The summed E-state index contributed by atoms with van der Waals surface area (Å²) in [5, 5.41) is 4.17. The fourth-order valence-electron chi connectivity index (χ4n) is 3.90. The highest BCUT2D eigenvalue weighted by Gasteiger charge is 2.45. The first kappa shape index (κ1) is 22.4. The van der Waals surface area contributed by atoms with Gasteiger partial charge in [-0.25, -0.2) is 0 Å². The van der Waals surface area contributed by atoms with Gasteiger partial charge in [-0.3, -0.25) is 0 Å². The van der Waals surface area contributed by atoms with Gasteiger partial charge in [-0.1, -0.05) is 54.6 Å². The lowest BCUT2D eigenvalue weighted by Gasteiger charge is -2.28. The summed E-state index contributed by atoms with van der Waals surface area (Å²) in [5.41, 5.74) is 1.28. The highest BCUT2D eigenvalue weighted by atomic mass is 31.2. The van der Waals surface area contributed by atoms with Crippen LogP contribution in [0.4, 0.5) is 0 Å². The molecule has 3 rings (SSSR count). The third-order valence-electron chi connectivity index (χ3n) is 5.16. The third kappa shape index (κ3) is 5.26. The predicted molar refractivity (Wildman–Crippen MR) is 131 cm³/mol. The van der Waals surface area contributed by atoms with Gasteiger partial charge in [0.05, 0.1) is 6.16 Å². The molecule has 0 aliphatic carbocycles. The fraction of sp³-hybridized carbons (Fsp3) is 0.259. The molecule has 3 heteroatoms. The van der Waals surface area contributed by atoms with Gasteiger partial charge in [0.25, 0.3) is 0 Å². The lowest BCUT2D eigenvalue weighted by Crippen LogP contribution is -2.34. The van der Waals surface area contributed by atoms with Crippen LogP contribution in [0.2, 0.25) is 0 Å². The molecule has 0 amide bonds. The smallest absolute Gasteiger partial charge is 0.177 e. The van der Waals surface area contributed by atoms with E-state index in [2.05, 4.69) is 104 Å². The molecule has 0 heterocycles. The maximum absolute atomic E-state index is 5.80. The van der Waals surface area contributed by atoms with Crippen molar-refractivity contribution in [1.29, 1.82) is 0 Å². The molecule has 3 aromatic carbocycles. The molecule has 0 spiro atoms. The quantitative estimate of drug-likeness (QED) is 0.251. The monoisotopic (exact) mass is 419 g/mol. The topological polar surface area (TPSA) is 18.5 Å². The number of allylic oxidation sites excluding steroid dienone is 1. The summed E-state index contributed by atoms with van der Waals surface area (Å²) in [7, 11) is -1.88. The molecule has 0 unspecified atom stereocenters. The van der Waals surface area contributed by atoms with E-state index in [9.17, 15) is 0 Å². The van der Waals surface area contributed by atoms with E-state index in [0.29, 0.717) is 13.2 Å². The fourth-order valence-corrected chi connectivity index (χ4v) is 8.24. The molecule has 0 atom stereocenters. The van der Waals surface area contributed by atoms with Gasteiger partial charge in [-0.2, -0.15) is 0 Å². The normalized spacial score (nSPS) is 12.3. The van der Waals surface area contributed by atoms with Crippen LogP contribution >= 0.6 is 7.26 Å². The third-order valence-corrected chi connectivity index (χ3v) is 9.67. The van der Waals surface area contributed by atoms with Crippen molar-refractivity contribution in [1.82, 2.24) is 0 Å². The van der Waals surface area contributed by atoms with Crippen LogP contribution in [0.1, 0.15) is 20.8 Å². The SMILES string of the molecule is CCOC(/C=C(\C)C[P+](c1ccccc1)(c1ccccc1)c1ccccc1)OCC. The van der Waals surface area contributed by atoms with E-state index in [1.54, 1.807) is 0 Å². The number of benzene rings is 3. The van der Waals surface area contributed by atoms with Crippen molar-refractivity contribution in [2.24, 2.45) is 0 Å². The van der Waals surface area contributed by atoms with Crippen molar-refractivity contribution in [2.75, 3.05) is 19.4 Å². The van der Waals surface area contributed by atoms with E-state index in [-0.39, 0.29) is 6.29 Å². The van der Waals surface area contributed by atoms with Crippen LogP contribution in [0.5, 0.6) is 0 Å². The average Bonchev–Trinajstić information content (AvgIpc) is 2.79. The van der Waals surface area contributed by atoms with E-state index in [4.69, 9.17) is 9.47 Å². The molecule has 2 nitrogen and oxygen atoms in total. The van der Waals surface area contributed by atoms with Gasteiger partial charge >= 0.3 is 0 Å². The number of ether oxygens (including phenoxy) is 2. The second-order valence-corrected chi connectivity index (χ2v) is 10.8. The van der Waals surface area contributed by atoms with E-state index >= 15 is 0 Å². The lowest BCUT2D eigenvalue weighted by molar-refractivity contribution is -0.104. The van der Waals surface area contributed by atoms with Gasteiger partial charge in [0.15, 0.2) is 6.29 Å². The predicted octanol–water partition coefficient (Wildman–Crippen LogP) is 5.33. The maximum atomic E-state index is 5.80. The Morgan fingerprint density at radius 3 is 1.40 bits per heavy atom. The molecule has 156 valence electrons. The van der Waals surface area contributed by atoms with Crippen molar-refractivity contribution >= 4 is 23.2 Å². The van der Waals surface area contributed by atoms with Gasteiger partial charge < -0.3 is 9.47 Å². The highest BCUT2D eigenvalue weighted by molar-refractivity contribution is 7.95. The second kappa shape index (κ2) is 11.2. The summed E-state index contributed by atoms with van der Waals surface area (Å²) >= 11 is 0. The summed E-state index contributed by atoms with van der Waals surface area (Å²) < 4.78 is 11.6. The Labute approximate surface area is 181 Å². The van der Waals surface area contributed by atoms with Gasteiger partial charge in [0.1, 0.15) is 23.2 Å². The summed E-state index contributed by atoms with van der Waals surface area (Å²) in [4.78, 5) is 0. The molecule has 0 radical (unpaired) electrons. The standard InChI is InChI=1S/C27H32O2P/c1-4-28-27(29-5-2)21-23(3)22-30(24-15-9-6-10-16-24,25-17-11-7-12-18-25)26-19-13-8-14-20-26/h6-21,27H,4-5,22H2,1-3H3/q+1/b23-21+. The molecule has 0 saturated heterocycles. The van der Waals surface area contributed by atoms with E-state index in [0.717, 1.165) is 6.16 Å². The average molecular weight is 420 g/mol. The Balaban J connectivity index is 2.16. The molecular formula is C27H32O2P+. The minimum atomic E-state index is -1.88. The number of rotatable bonds is 10. The zero-order valence-corrected chi connectivity index (χ0v) is 19.1. The first-order valence-electron chi connectivity index (χ1n) is 10.7.